The molecule has 1 aliphatic heterocycles. The summed E-state index contributed by atoms with van der Waals surface area (Å²) in [7, 11) is -5.79. The third kappa shape index (κ3) is 6.74. The lowest BCUT2D eigenvalue weighted by molar-refractivity contribution is -0.133. The van der Waals surface area contributed by atoms with E-state index in [-0.39, 0.29) is 28.7 Å². The molecule has 0 spiro atoms. The van der Waals surface area contributed by atoms with Gasteiger partial charge in [0, 0.05) is 24.1 Å². The summed E-state index contributed by atoms with van der Waals surface area (Å²) in [5.41, 5.74) is 7.46. The van der Waals surface area contributed by atoms with E-state index in [1.807, 2.05) is 55.5 Å². The molecule has 0 amide bonds. The number of methoxy groups -OCH3 is 1. The number of Topliss-reactive ketones (excluding diaryl/α,β-unsaturated/α-hetero) is 1. The molecule has 1 saturated heterocycles. The highest BCUT2D eigenvalue weighted by molar-refractivity contribution is 8.00. The van der Waals surface area contributed by atoms with Gasteiger partial charge in [0.25, 0.3) is 8.32 Å². The molecule has 0 radical (unpaired) electrons. The number of aryl methyl sites for hydroxylation is 1. The molecule has 4 aromatic rings. The summed E-state index contributed by atoms with van der Waals surface area (Å²) >= 11 is 1.41. The Balaban J connectivity index is 1.61. The molecular formula is C36H42N2O5S2Si. The number of piperidine rings is 1. The number of ketones is 1. The molecule has 5 rings (SSSR count). The van der Waals surface area contributed by atoms with E-state index in [0.29, 0.717) is 5.69 Å². The molecule has 2 N–H and O–H groups in total. The lowest BCUT2D eigenvalue weighted by Gasteiger charge is -2.46. The number of benzene rings is 4. The van der Waals surface area contributed by atoms with Crippen molar-refractivity contribution in [2.24, 2.45) is 0 Å². The number of nitrogens with zero attached hydrogens (tertiary/aromatic N) is 1. The van der Waals surface area contributed by atoms with E-state index in [1.165, 1.54) is 23.2 Å². The van der Waals surface area contributed by atoms with Gasteiger partial charge in [-0.1, -0.05) is 99.1 Å². The molecule has 1 aliphatic rings. The fraction of sp³-hybridized carbons (Fsp3) is 0.306. The summed E-state index contributed by atoms with van der Waals surface area (Å²) in [4.78, 5) is 15.2. The smallest absolute Gasteiger partial charge is 0.261 e. The monoisotopic (exact) mass is 674 g/mol. The second kappa shape index (κ2) is 13.8. The number of nitrogens with two attached hydrogens (primary N) is 1. The SMILES string of the molecule is CO[C@@H]1[C@@H](Sc2ccc(N)cc2)CC(=O)[C@H](CO[Si](c2ccccc2)(c2ccccc2)C(C)(C)C)N1S(=O)(=O)c1ccc(C)cc1. The van der Waals surface area contributed by atoms with Crippen LogP contribution in [0.3, 0.4) is 0 Å². The third-order valence-corrected chi connectivity index (χ3v) is 16.7. The number of ether oxygens (including phenoxy) is 1. The Kier molecular flexibility index (Phi) is 10.3. The van der Waals surface area contributed by atoms with Crippen LogP contribution in [0.2, 0.25) is 5.04 Å². The molecule has 0 unspecified atom stereocenters. The largest absolute Gasteiger partial charge is 0.405 e. The number of anilines is 1. The van der Waals surface area contributed by atoms with Gasteiger partial charge < -0.3 is 14.9 Å². The van der Waals surface area contributed by atoms with Gasteiger partial charge in [-0.3, -0.25) is 4.79 Å². The first-order valence-corrected chi connectivity index (χ1v) is 19.5. The van der Waals surface area contributed by atoms with Crippen LogP contribution >= 0.6 is 11.8 Å². The molecule has 0 bridgehead atoms. The zero-order valence-corrected chi connectivity index (χ0v) is 29.6. The van der Waals surface area contributed by atoms with Crippen molar-refractivity contribution in [3.63, 3.8) is 0 Å². The summed E-state index contributed by atoms with van der Waals surface area (Å²) in [6.45, 7) is 8.24. The van der Waals surface area contributed by atoms with E-state index in [2.05, 4.69) is 45.0 Å². The van der Waals surface area contributed by atoms with E-state index in [9.17, 15) is 13.2 Å². The Morgan fingerprint density at radius 1 is 0.870 bits per heavy atom. The minimum Gasteiger partial charge on any atom is -0.405 e. The van der Waals surface area contributed by atoms with Crippen LogP contribution in [-0.2, 0) is 24.0 Å². The van der Waals surface area contributed by atoms with Crippen LogP contribution < -0.4 is 16.1 Å². The zero-order valence-electron chi connectivity index (χ0n) is 26.9. The van der Waals surface area contributed by atoms with Crippen LogP contribution in [0.5, 0.6) is 0 Å². The molecule has 0 saturated carbocycles. The molecule has 10 heteroatoms. The van der Waals surface area contributed by atoms with Gasteiger partial charge in [-0.25, -0.2) is 8.42 Å². The molecule has 0 aromatic heterocycles. The van der Waals surface area contributed by atoms with Crippen molar-refractivity contribution in [3.8, 4) is 0 Å². The molecular weight excluding hydrogens is 633 g/mol. The Morgan fingerprint density at radius 3 is 1.91 bits per heavy atom. The highest BCUT2D eigenvalue weighted by Crippen LogP contribution is 2.40. The normalized spacial score (nSPS) is 19.7. The maximum atomic E-state index is 14.6. The van der Waals surface area contributed by atoms with Crippen LogP contribution in [0.1, 0.15) is 32.8 Å². The molecule has 4 aromatic carbocycles. The topological polar surface area (TPSA) is 98.9 Å². The molecule has 46 heavy (non-hydrogen) atoms. The molecule has 3 atom stereocenters. The maximum absolute atomic E-state index is 14.6. The predicted molar refractivity (Wildman–Crippen MR) is 188 cm³/mol. The molecule has 0 aliphatic carbocycles. The van der Waals surface area contributed by atoms with Crippen LogP contribution in [0.15, 0.2) is 119 Å². The first-order valence-electron chi connectivity index (χ1n) is 15.3. The quantitative estimate of drug-likeness (QED) is 0.172. The van der Waals surface area contributed by atoms with Crippen molar-refractivity contribution in [3.05, 3.63) is 115 Å². The minimum atomic E-state index is -4.20. The van der Waals surface area contributed by atoms with E-state index in [0.717, 1.165) is 20.8 Å². The highest BCUT2D eigenvalue weighted by atomic mass is 32.2. The van der Waals surface area contributed by atoms with Gasteiger partial charge in [0.1, 0.15) is 12.3 Å². The van der Waals surface area contributed by atoms with Gasteiger partial charge in [0.05, 0.1) is 16.8 Å². The number of rotatable bonds is 10. The lowest BCUT2D eigenvalue weighted by Crippen LogP contribution is -2.69. The second-order valence-electron chi connectivity index (χ2n) is 12.7. The first-order chi connectivity index (χ1) is 21.9. The molecule has 7 nitrogen and oxygen atoms in total. The number of carbonyl (C=O) groups excluding carboxylic acids is 1. The average Bonchev–Trinajstić information content (AvgIpc) is 3.03. The predicted octanol–water partition coefficient (Wildman–Crippen LogP) is 5.62. The summed E-state index contributed by atoms with van der Waals surface area (Å²) in [5.74, 6) is -0.213. The minimum absolute atomic E-state index is 0.0986. The third-order valence-electron chi connectivity index (χ3n) is 8.53. The van der Waals surface area contributed by atoms with Gasteiger partial charge in [-0.2, -0.15) is 4.31 Å². The van der Waals surface area contributed by atoms with Crippen molar-refractivity contribution in [1.82, 2.24) is 4.31 Å². The van der Waals surface area contributed by atoms with Gasteiger partial charge in [0.2, 0.25) is 10.0 Å². The molecule has 1 heterocycles. The van der Waals surface area contributed by atoms with Crippen molar-refractivity contribution >= 4 is 51.9 Å². The van der Waals surface area contributed by atoms with Crippen molar-refractivity contribution in [2.75, 3.05) is 19.5 Å². The van der Waals surface area contributed by atoms with E-state index in [1.54, 1.807) is 36.4 Å². The summed E-state index contributed by atoms with van der Waals surface area (Å²) in [5, 5.41) is 1.24. The Morgan fingerprint density at radius 2 is 1.41 bits per heavy atom. The fourth-order valence-corrected chi connectivity index (χ4v) is 13.9. The number of carbonyl (C=O) groups is 1. The van der Waals surface area contributed by atoms with Crippen LogP contribution in [-0.4, -0.2) is 58.1 Å². The Bertz CT molecular complexity index is 1690. The first kappa shape index (κ1) is 34.1. The number of nitrogen functional groups attached to an aromatic ring is 1. The van der Waals surface area contributed by atoms with Crippen molar-refractivity contribution < 1.29 is 22.4 Å². The zero-order chi connectivity index (χ0) is 33.1. The Hall–Kier alpha value is -3.25. The van der Waals surface area contributed by atoms with Gasteiger partial charge in [-0.15, -0.1) is 11.8 Å². The van der Waals surface area contributed by atoms with Crippen LogP contribution in [0, 0.1) is 6.92 Å². The summed E-state index contributed by atoms with van der Waals surface area (Å²) < 4.78 is 43.5. The maximum Gasteiger partial charge on any atom is 0.261 e. The van der Waals surface area contributed by atoms with E-state index >= 15 is 0 Å². The van der Waals surface area contributed by atoms with E-state index < -0.39 is 35.9 Å². The number of hydrogen-bond donors (Lipinski definition) is 1. The number of thioether (sulfide) groups is 1. The summed E-state index contributed by atoms with van der Waals surface area (Å²) in [6, 6.07) is 33.1. The van der Waals surface area contributed by atoms with Crippen LogP contribution in [0.25, 0.3) is 0 Å². The van der Waals surface area contributed by atoms with Gasteiger partial charge in [0.15, 0.2) is 5.78 Å². The second-order valence-corrected chi connectivity index (χ2v) is 20.1. The Labute approximate surface area is 278 Å². The van der Waals surface area contributed by atoms with Crippen LogP contribution in [0.4, 0.5) is 5.69 Å². The fourth-order valence-electron chi connectivity index (χ4n) is 6.26. The molecule has 1 fully saturated rings. The van der Waals surface area contributed by atoms with Gasteiger partial charge in [-0.05, 0) is 58.7 Å². The van der Waals surface area contributed by atoms with E-state index in [4.69, 9.17) is 14.9 Å². The lowest BCUT2D eigenvalue weighted by atomic mass is 10.0. The summed E-state index contributed by atoms with van der Waals surface area (Å²) in [6.07, 6.45) is -0.818. The standard InChI is InChI=1S/C36H42N2O5S2Si/c1-26-16-22-29(23-17-26)45(40,41)38-32(33(39)24-34(35(38)42-5)44-28-20-18-27(37)19-21-28)25-43-46(36(2,3)4,30-12-8-6-9-13-30)31-14-10-7-11-15-31/h6-23,32,34-35H,24-25,37H2,1-5H3/t32-,34-,35+/m0/s1. The van der Waals surface area contributed by atoms with Crippen molar-refractivity contribution in [2.45, 2.75) is 66.5 Å². The molecule has 242 valence electrons. The number of sulfonamides is 1. The van der Waals surface area contributed by atoms with Crippen molar-refractivity contribution in [1.29, 1.82) is 0 Å². The average molecular weight is 675 g/mol. The number of hydrogen-bond acceptors (Lipinski definition) is 7. The van der Waals surface area contributed by atoms with Gasteiger partial charge >= 0.3 is 0 Å². The highest BCUT2D eigenvalue weighted by Gasteiger charge is 2.54.